The lowest BCUT2D eigenvalue weighted by atomic mass is 10.1. The molecule has 0 amide bonds. The Morgan fingerprint density at radius 3 is 3.00 bits per heavy atom. The number of aliphatic carboxylic acids is 1. The van der Waals surface area contributed by atoms with Gasteiger partial charge in [0.15, 0.2) is 0 Å². The molecule has 1 atom stereocenters. The summed E-state index contributed by atoms with van der Waals surface area (Å²) in [5, 5.41) is 11.6. The van der Waals surface area contributed by atoms with Gasteiger partial charge < -0.3 is 10.4 Å². The molecule has 3 nitrogen and oxygen atoms in total. The molecule has 0 radical (unpaired) electrons. The highest BCUT2D eigenvalue weighted by Crippen LogP contribution is 2.28. The molecule has 4 heteroatoms. The van der Waals surface area contributed by atoms with Gasteiger partial charge in [-0.1, -0.05) is 18.2 Å². The standard InChI is InChI=1S/C12H12FNO2/c13-9(7-12(15)16)6-10-5-8-3-1-2-4-11(8)14-10/h1-4,7,10,14H,5-6H2,(H,15,16). The lowest BCUT2D eigenvalue weighted by Gasteiger charge is -2.08. The minimum Gasteiger partial charge on any atom is -0.478 e. The molecule has 1 unspecified atom stereocenters. The number of para-hydroxylation sites is 1. The van der Waals surface area contributed by atoms with Crippen molar-refractivity contribution in [1.82, 2.24) is 0 Å². The van der Waals surface area contributed by atoms with Crippen molar-refractivity contribution >= 4 is 11.7 Å². The monoisotopic (exact) mass is 221 g/mol. The molecule has 2 N–H and O–H groups in total. The van der Waals surface area contributed by atoms with Crippen molar-refractivity contribution in [2.45, 2.75) is 18.9 Å². The first kappa shape index (κ1) is 10.7. The minimum absolute atomic E-state index is 0.0481. The van der Waals surface area contributed by atoms with E-state index in [1.807, 2.05) is 24.3 Å². The fourth-order valence-corrected chi connectivity index (χ4v) is 1.93. The van der Waals surface area contributed by atoms with Crippen LogP contribution in [0.3, 0.4) is 0 Å². The van der Waals surface area contributed by atoms with Crippen LogP contribution in [0.2, 0.25) is 0 Å². The Kier molecular flexibility index (Phi) is 2.90. The molecule has 84 valence electrons. The molecule has 0 fully saturated rings. The van der Waals surface area contributed by atoms with Gasteiger partial charge in [0.2, 0.25) is 0 Å². The van der Waals surface area contributed by atoms with Crippen LogP contribution in [0, 0.1) is 0 Å². The van der Waals surface area contributed by atoms with Crippen LogP contribution in [-0.2, 0) is 11.2 Å². The quantitative estimate of drug-likeness (QED) is 0.770. The highest BCUT2D eigenvalue weighted by atomic mass is 19.1. The van der Waals surface area contributed by atoms with Crippen molar-refractivity contribution in [3.8, 4) is 0 Å². The number of benzene rings is 1. The van der Waals surface area contributed by atoms with E-state index in [9.17, 15) is 9.18 Å². The van der Waals surface area contributed by atoms with Gasteiger partial charge in [-0.2, -0.15) is 0 Å². The van der Waals surface area contributed by atoms with Gasteiger partial charge in [0.25, 0.3) is 0 Å². The molecule has 1 aromatic carbocycles. The zero-order chi connectivity index (χ0) is 11.5. The second-order valence-electron chi connectivity index (χ2n) is 3.84. The number of fused-ring (bicyclic) bond motifs is 1. The maximum atomic E-state index is 13.2. The Morgan fingerprint density at radius 2 is 2.31 bits per heavy atom. The predicted molar refractivity (Wildman–Crippen MR) is 59.0 cm³/mol. The van der Waals surface area contributed by atoms with E-state index in [1.54, 1.807) is 0 Å². The van der Waals surface area contributed by atoms with Crippen LogP contribution in [0.5, 0.6) is 0 Å². The van der Waals surface area contributed by atoms with Crippen LogP contribution in [0.15, 0.2) is 36.2 Å². The van der Waals surface area contributed by atoms with Crippen molar-refractivity contribution < 1.29 is 14.3 Å². The summed E-state index contributed by atoms with van der Waals surface area (Å²) in [6.07, 6.45) is 1.46. The highest BCUT2D eigenvalue weighted by molar-refractivity contribution is 5.80. The molecular weight excluding hydrogens is 209 g/mol. The summed E-state index contributed by atoms with van der Waals surface area (Å²) >= 11 is 0. The first-order valence-corrected chi connectivity index (χ1v) is 5.08. The number of carboxylic acid groups (broad SMARTS) is 1. The maximum Gasteiger partial charge on any atom is 0.330 e. The molecule has 0 bridgehead atoms. The number of anilines is 1. The summed E-state index contributed by atoms with van der Waals surface area (Å²) in [4.78, 5) is 10.3. The molecular formula is C12H12FNO2. The molecule has 1 aliphatic rings. The number of halogens is 1. The van der Waals surface area contributed by atoms with E-state index >= 15 is 0 Å². The van der Waals surface area contributed by atoms with Crippen LogP contribution in [0.25, 0.3) is 0 Å². The molecule has 1 aliphatic heterocycles. The first-order chi connectivity index (χ1) is 7.65. The van der Waals surface area contributed by atoms with Crippen LogP contribution in [0.1, 0.15) is 12.0 Å². The Bertz CT molecular complexity index is 417. The van der Waals surface area contributed by atoms with E-state index < -0.39 is 11.8 Å². The van der Waals surface area contributed by atoms with Crippen LogP contribution >= 0.6 is 0 Å². The summed E-state index contributed by atoms with van der Waals surface area (Å²) in [5.74, 6) is -1.84. The van der Waals surface area contributed by atoms with Gasteiger partial charge >= 0.3 is 5.97 Å². The lowest BCUT2D eigenvalue weighted by Crippen LogP contribution is -2.15. The van der Waals surface area contributed by atoms with Gasteiger partial charge in [-0.3, -0.25) is 0 Å². The number of nitrogens with one attached hydrogen (secondary N) is 1. The number of carboxylic acids is 1. The summed E-state index contributed by atoms with van der Waals surface area (Å²) < 4.78 is 13.2. The van der Waals surface area contributed by atoms with Crippen molar-refractivity contribution in [3.63, 3.8) is 0 Å². The van der Waals surface area contributed by atoms with Crippen LogP contribution in [0.4, 0.5) is 10.1 Å². The van der Waals surface area contributed by atoms with Gasteiger partial charge in [-0.05, 0) is 18.1 Å². The Balaban J connectivity index is 2.00. The molecule has 16 heavy (non-hydrogen) atoms. The van der Waals surface area contributed by atoms with Gasteiger partial charge in [0, 0.05) is 18.2 Å². The molecule has 0 saturated carbocycles. The van der Waals surface area contributed by atoms with E-state index in [0.717, 1.165) is 17.7 Å². The summed E-state index contributed by atoms with van der Waals surface area (Å²) in [7, 11) is 0. The Labute approximate surface area is 92.6 Å². The van der Waals surface area contributed by atoms with Gasteiger partial charge in [-0.25, -0.2) is 9.18 Å². The van der Waals surface area contributed by atoms with Gasteiger partial charge in [-0.15, -0.1) is 0 Å². The second-order valence-corrected chi connectivity index (χ2v) is 3.84. The number of rotatable bonds is 3. The topological polar surface area (TPSA) is 49.3 Å². The summed E-state index contributed by atoms with van der Waals surface area (Å²) in [5.41, 5.74) is 2.16. The summed E-state index contributed by atoms with van der Waals surface area (Å²) in [6, 6.07) is 7.73. The zero-order valence-electron chi connectivity index (χ0n) is 8.61. The molecule has 0 spiro atoms. The molecule has 1 heterocycles. The second kappa shape index (κ2) is 4.35. The average Bonchev–Trinajstić information content (AvgIpc) is 2.57. The molecule has 1 aromatic rings. The Hall–Kier alpha value is -1.84. The van der Waals surface area contributed by atoms with Crippen LogP contribution in [-0.4, -0.2) is 17.1 Å². The third-order valence-corrected chi connectivity index (χ3v) is 2.56. The number of carbonyl (C=O) groups is 1. The normalized spacial score (nSPS) is 19.1. The third kappa shape index (κ3) is 2.39. The molecule has 0 aliphatic carbocycles. The average molecular weight is 221 g/mol. The van der Waals surface area contributed by atoms with E-state index in [2.05, 4.69) is 5.32 Å². The zero-order valence-corrected chi connectivity index (χ0v) is 8.61. The van der Waals surface area contributed by atoms with Crippen molar-refractivity contribution in [1.29, 1.82) is 0 Å². The first-order valence-electron chi connectivity index (χ1n) is 5.08. The molecule has 2 rings (SSSR count). The fraction of sp³-hybridized carbons (Fsp3) is 0.250. The fourth-order valence-electron chi connectivity index (χ4n) is 1.93. The SMILES string of the molecule is O=C(O)C=C(F)CC1Cc2ccccc2N1. The maximum absolute atomic E-state index is 13.2. The van der Waals surface area contributed by atoms with Crippen molar-refractivity contribution in [2.24, 2.45) is 0 Å². The highest BCUT2D eigenvalue weighted by Gasteiger charge is 2.21. The largest absolute Gasteiger partial charge is 0.478 e. The molecule has 0 saturated heterocycles. The number of hydrogen-bond acceptors (Lipinski definition) is 2. The van der Waals surface area contributed by atoms with Crippen LogP contribution < -0.4 is 5.32 Å². The van der Waals surface area contributed by atoms with Gasteiger partial charge in [0.05, 0.1) is 6.08 Å². The third-order valence-electron chi connectivity index (χ3n) is 2.56. The smallest absolute Gasteiger partial charge is 0.330 e. The van der Waals surface area contributed by atoms with Crippen molar-refractivity contribution in [3.05, 3.63) is 41.7 Å². The predicted octanol–water partition coefficient (Wildman–Crippen LogP) is 2.35. The molecule has 0 aromatic heterocycles. The summed E-state index contributed by atoms with van der Waals surface area (Å²) in [6.45, 7) is 0. The minimum atomic E-state index is -1.24. The lowest BCUT2D eigenvalue weighted by molar-refractivity contribution is -0.131. The van der Waals surface area contributed by atoms with Crippen molar-refractivity contribution in [2.75, 3.05) is 5.32 Å². The van der Waals surface area contributed by atoms with E-state index in [-0.39, 0.29) is 12.5 Å². The number of hydrogen-bond donors (Lipinski definition) is 2. The van der Waals surface area contributed by atoms with E-state index in [4.69, 9.17) is 5.11 Å². The van der Waals surface area contributed by atoms with Gasteiger partial charge in [0.1, 0.15) is 5.83 Å². The van der Waals surface area contributed by atoms with E-state index in [0.29, 0.717) is 6.08 Å². The van der Waals surface area contributed by atoms with E-state index in [1.165, 1.54) is 0 Å². The Morgan fingerprint density at radius 1 is 1.56 bits per heavy atom.